The van der Waals surface area contributed by atoms with Crippen LogP contribution in [-0.2, 0) is 0 Å². The molecule has 3 aromatic rings. The van der Waals surface area contributed by atoms with Gasteiger partial charge in [0.25, 0.3) is 5.91 Å². The number of nitrogens with zero attached hydrogens (tertiary/aromatic N) is 1. The molecule has 0 unspecified atom stereocenters. The number of fused-ring (bicyclic) bond motifs is 1. The molecule has 4 rings (SSSR count). The molecule has 0 atom stereocenters. The summed E-state index contributed by atoms with van der Waals surface area (Å²) < 4.78 is 0. The summed E-state index contributed by atoms with van der Waals surface area (Å²) in [6.45, 7) is 2.07. The van der Waals surface area contributed by atoms with E-state index in [1.54, 1.807) is 6.20 Å². The molecule has 0 bridgehead atoms. The summed E-state index contributed by atoms with van der Waals surface area (Å²) in [5, 5.41) is 10.9. The molecule has 26 heavy (non-hydrogen) atoms. The summed E-state index contributed by atoms with van der Waals surface area (Å²) in [6.07, 6.45) is 3.82. The van der Waals surface area contributed by atoms with Gasteiger partial charge >= 0.3 is 0 Å². The van der Waals surface area contributed by atoms with Crippen LogP contribution < -0.4 is 16.0 Å². The monoisotopic (exact) mass is 346 g/mol. The quantitative estimate of drug-likeness (QED) is 0.675. The fourth-order valence-electron chi connectivity index (χ4n) is 3.31. The fourth-order valence-corrected chi connectivity index (χ4v) is 3.31. The van der Waals surface area contributed by atoms with Gasteiger partial charge in [-0.25, -0.2) is 0 Å². The summed E-state index contributed by atoms with van der Waals surface area (Å²) in [6, 6.07) is 17.9. The fraction of sp³-hybridized carbons (Fsp3) is 0.238. The molecule has 0 radical (unpaired) electrons. The van der Waals surface area contributed by atoms with Crippen LogP contribution in [0, 0.1) is 0 Å². The molecule has 1 aromatic heterocycles. The number of hydrogen-bond donors (Lipinski definition) is 3. The minimum atomic E-state index is -0.151. The Morgan fingerprint density at radius 2 is 1.85 bits per heavy atom. The maximum Gasteiger partial charge on any atom is 0.257 e. The van der Waals surface area contributed by atoms with Crippen LogP contribution >= 0.6 is 0 Å². The highest BCUT2D eigenvalue weighted by atomic mass is 16.1. The minimum Gasteiger partial charge on any atom is -0.382 e. The summed E-state index contributed by atoms with van der Waals surface area (Å²) in [5.41, 5.74) is 3.26. The number of hydrogen-bond acceptors (Lipinski definition) is 4. The second-order valence-electron chi connectivity index (χ2n) is 6.59. The highest BCUT2D eigenvalue weighted by Crippen LogP contribution is 2.25. The van der Waals surface area contributed by atoms with Crippen LogP contribution in [0.4, 0.5) is 11.4 Å². The Balaban J connectivity index is 1.60. The Bertz CT molecular complexity index is 904. The molecular weight excluding hydrogens is 324 g/mol. The van der Waals surface area contributed by atoms with Crippen molar-refractivity contribution in [1.82, 2.24) is 10.3 Å². The largest absolute Gasteiger partial charge is 0.382 e. The van der Waals surface area contributed by atoms with Crippen molar-refractivity contribution in [2.75, 3.05) is 23.7 Å². The zero-order valence-electron chi connectivity index (χ0n) is 14.5. The van der Waals surface area contributed by atoms with Crippen LogP contribution in [0.2, 0.25) is 0 Å². The number of anilines is 2. The predicted octanol–water partition coefficient (Wildman–Crippen LogP) is 3.65. The van der Waals surface area contributed by atoms with Gasteiger partial charge in [0.2, 0.25) is 0 Å². The Kier molecular flexibility index (Phi) is 4.80. The van der Waals surface area contributed by atoms with Gasteiger partial charge < -0.3 is 16.0 Å². The molecule has 1 aliphatic rings. The second kappa shape index (κ2) is 7.54. The highest BCUT2D eigenvalue weighted by molar-refractivity contribution is 6.07. The van der Waals surface area contributed by atoms with Gasteiger partial charge in [0.1, 0.15) is 0 Å². The van der Waals surface area contributed by atoms with Crippen molar-refractivity contribution in [3.8, 4) is 0 Å². The third kappa shape index (κ3) is 3.68. The van der Waals surface area contributed by atoms with E-state index in [1.807, 2.05) is 48.5 Å². The molecule has 5 heteroatoms. The molecule has 2 aromatic carbocycles. The number of rotatable bonds is 4. The number of nitrogens with one attached hydrogen (secondary N) is 3. The van der Waals surface area contributed by atoms with E-state index in [4.69, 9.17) is 0 Å². The SMILES string of the molecule is O=C(Nc1ccccc1)c1cnc2cccc(NC3CCNCC3)c2c1. The van der Waals surface area contributed by atoms with Crippen molar-refractivity contribution in [2.45, 2.75) is 18.9 Å². The van der Waals surface area contributed by atoms with E-state index in [0.29, 0.717) is 11.6 Å². The van der Waals surface area contributed by atoms with Crippen molar-refractivity contribution < 1.29 is 4.79 Å². The molecule has 1 aliphatic heterocycles. The lowest BCUT2D eigenvalue weighted by Crippen LogP contribution is -2.35. The van der Waals surface area contributed by atoms with Crippen molar-refractivity contribution >= 4 is 28.2 Å². The molecular formula is C21H22N4O. The van der Waals surface area contributed by atoms with Crippen molar-refractivity contribution in [1.29, 1.82) is 0 Å². The first-order valence-electron chi connectivity index (χ1n) is 9.02. The van der Waals surface area contributed by atoms with Gasteiger partial charge in [0.05, 0.1) is 11.1 Å². The van der Waals surface area contributed by atoms with E-state index in [-0.39, 0.29) is 5.91 Å². The molecule has 1 saturated heterocycles. The van der Waals surface area contributed by atoms with Gasteiger partial charge in [0, 0.05) is 29.0 Å². The molecule has 5 nitrogen and oxygen atoms in total. The standard InChI is InChI=1S/C21H22N4O/c26-21(25-16-5-2-1-3-6-16)15-13-18-19(23-14-15)7-4-8-20(18)24-17-9-11-22-12-10-17/h1-8,13-14,17,22,24H,9-12H2,(H,25,26). The summed E-state index contributed by atoms with van der Waals surface area (Å²) in [4.78, 5) is 17.1. The van der Waals surface area contributed by atoms with Gasteiger partial charge in [-0.3, -0.25) is 9.78 Å². The smallest absolute Gasteiger partial charge is 0.257 e. The minimum absolute atomic E-state index is 0.151. The Morgan fingerprint density at radius 3 is 2.65 bits per heavy atom. The van der Waals surface area contributed by atoms with E-state index in [1.165, 1.54) is 0 Å². The van der Waals surface area contributed by atoms with E-state index in [0.717, 1.165) is 48.2 Å². The lowest BCUT2D eigenvalue weighted by molar-refractivity contribution is 0.102. The highest BCUT2D eigenvalue weighted by Gasteiger charge is 2.15. The molecule has 2 heterocycles. The van der Waals surface area contributed by atoms with E-state index < -0.39 is 0 Å². The predicted molar refractivity (Wildman–Crippen MR) is 106 cm³/mol. The van der Waals surface area contributed by atoms with E-state index in [9.17, 15) is 4.79 Å². The first kappa shape index (κ1) is 16.5. The molecule has 0 aliphatic carbocycles. The van der Waals surface area contributed by atoms with Crippen LogP contribution in [-0.4, -0.2) is 30.0 Å². The number of carbonyl (C=O) groups is 1. The number of amides is 1. The third-order valence-electron chi connectivity index (χ3n) is 4.72. The third-order valence-corrected chi connectivity index (χ3v) is 4.72. The van der Waals surface area contributed by atoms with Crippen molar-refractivity contribution in [2.24, 2.45) is 0 Å². The molecule has 1 amide bonds. The zero-order chi connectivity index (χ0) is 17.8. The van der Waals surface area contributed by atoms with Crippen LogP contribution in [0.1, 0.15) is 23.2 Å². The number of pyridine rings is 1. The lowest BCUT2D eigenvalue weighted by Gasteiger charge is -2.25. The molecule has 0 saturated carbocycles. The summed E-state index contributed by atoms with van der Waals surface area (Å²) in [5.74, 6) is -0.151. The topological polar surface area (TPSA) is 66.0 Å². The van der Waals surface area contributed by atoms with Gasteiger partial charge in [-0.05, 0) is 56.3 Å². The van der Waals surface area contributed by atoms with Crippen LogP contribution in [0.3, 0.4) is 0 Å². The Labute approximate surface area is 152 Å². The van der Waals surface area contributed by atoms with Crippen molar-refractivity contribution in [3.63, 3.8) is 0 Å². The average Bonchev–Trinajstić information content (AvgIpc) is 2.69. The van der Waals surface area contributed by atoms with Crippen LogP contribution in [0.25, 0.3) is 10.9 Å². The van der Waals surface area contributed by atoms with Crippen molar-refractivity contribution in [3.05, 3.63) is 66.4 Å². The maximum atomic E-state index is 12.6. The van der Waals surface area contributed by atoms with Gasteiger partial charge in [-0.15, -0.1) is 0 Å². The maximum absolute atomic E-state index is 12.6. The number of piperidine rings is 1. The number of aromatic nitrogens is 1. The molecule has 1 fully saturated rings. The second-order valence-corrected chi connectivity index (χ2v) is 6.59. The van der Waals surface area contributed by atoms with E-state index >= 15 is 0 Å². The number of benzene rings is 2. The number of para-hydroxylation sites is 1. The Morgan fingerprint density at radius 1 is 1.04 bits per heavy atom. The molecule has 132 valence electrons. The first-order valence-corrected chi connectivity index (χ1v) is 9.02. The average molecular weight is 346 g/mol. The zero-order valence-corrected chi connectivity index (χ0v) is 14.5. The summed E-state index contributed by atoms with van der Waals surface area (Å²) in [7, 11) is 0. The number of carbonyl (C=O) groups excluding carboxylic acids is 1. The van der Waals surface area contributed by atoms with Gasteiger partial charge in [0.15, 0.2) is 0 Å². The lowest BCUT2D eigenvalue weighted by atomic mass is 10.0. The first-order chi connectivity index (χ1) is 12.8. The Hall–Kier alpha value is -2.92. The van der Waals surface area contributed by atoms with Gasteiger partial charge in [-0.2, -0.15) is 0 Å². The normalized spacial score (nSPS) is 14.9. The van der Waals surface area contributed by atoms with Crippen LogP contribution in [0.5, 0.6) is 0 Å². The van der Waals surface area contributed by atoms with E-state index in [2.05, 4.69) is 27.0 Å². The summed E-state index contributed by atoms with van der Waals surface area (Å²) >= 11 is 0. The van der Waals surface area contributed by atoms with Crippen LogP contribution in [0.15, 0.2) is 60.8 Å². The molecule has 3 N–H and O–H groups in total. The molecule has 0 spiro atoms. The van der Waals surface area contributed by atoms with Gasteiger partial charge in [-0.1, -0.05) is 24.3 Å².